The summed E-state index contributed by atoms with van der Waals surface area (Å²) in [6, 6.07) is 10.2. The van der Waals surface area contributed by atoms with Crippen molar-refractivity contribution in [3.05, 3.63) is 52.0 Å². The summed E-state index contributed by atoms with van der Waals surface area (Å²) >= 11 is 6.36. The molecule has 2 aromatic carbocycles. The predicted octanol–water partition coefficient (Wildman–Crippen LogP) is 6.12. The molecule has 0 saturated carbocycles. The molecular formula is C25H36ClNO3. The zero-order chi connectivity index (χ0) is 22.5. The van der Waals surface area contributed by atoms with Crippen LogP contribution in [0, 0.1) is 0 Å². The van der Waals surface area contributed by atoms with Crippen molar-refractivity contribution in [1.82, 2.24) is 5.32 Å². The van der Waals surface area contributed by atoms with E-state index in [2.05, 4.69) is 65.1 Å². The molecule has 0 fully saturated rings. The molecule has 0 aliphatic rings. The first-order valence-corrected chi connectivity index (χ1v) is 10.7. The first kappa shape index (κ1) is 24.4. The van der Waals surface area contributed by atoms with Gasteiger partial charge >= 0.3 is 0 Å². The molecule has 0 heterocycles. The minimum atomic E-state index is 0.0111. The smallest absolute Gasteiger partial charge is 0.162 e. The van der Waals surface area contributed by atoms with Gasteiger partial charge in [-0.1, -0.05) is 65.3 Å². The summed E-state index contributed by atoms with van der Waals surface area (Å²) in [5.74, 6) is 2.24. The van der Waals surface area contributed by atoms with Gasteiger partial charge in [0, 0.05) is 24.2 Å². The first-order valence-electron chi connectivity index (χ1n) is 10.4. The molecule has 0 aromatic heterocycles. The second kappa shape index (κ2) is 9.93. The normalized spacial score (nSPS) is 12.0. The fourth-order valence-electron chi connectivity index (χ4n) is 3.20. The van der Waals surface area contributed by atoms with E-state index in [1.54, 1.807) is 20.3 Å². The molecule has 0 bridgehead atoms. The van der Waals surface area contributed by atoms with Crippen LogP contribution in [0.15, 0.2) is 30.3 Å². The van der Waals surface area contributed by atoms with Crippen molar-refractivity contribution in [1.29, 1.82) is 0 Å². The number of halogens is 1. The lowest BCUT2D eigenvalue weighted by Gasteiger charge is -2.27. The molecule has 4 nitrogen and oxygen atoms in total. The van der Waals surface area contributed by atoms with Gasteiger partial charge in [-0.25, -0.2) is 0 Å². The second-order valence-corrected chi connectivity index (χ2v) is 9.94. The molecular weight excluding hydrogens is 398 g/mol. The Kier molecular flexibility index (Phi) is 8.06. The van der Waals surface area contributed by atoms with Crippen molar-refractivity contribution < 1.29 is 14.2 Å². The molecule has 0 saturated heterocycles. The van der Waals surface area contributed by atoms with Gasteiger partial charge in [-0.3, -0.25) is 0 Å². The Hall–Kier alpha value is -1.91. The Morgan fingerprint density at radius 2 is 1.47 bits per heavy atom. The summed E-state index contributed by atoms with van der Waals surface area (Å²) in [5, 5.41) is 4.04. The molecule has 0 radical (unpaired) electrons. The Balaban J connectivity index is 1.99. The van der Waals surface area contributed by atoms with Gasteiger partial charge < -0.3 is 19.5 Å². The van der Waals surface area contributed by atoms with Crippen LogP contribution in [0.4, 0.5) is 0 Å². The summed E-state index contributed by atoms with van der Waals surface area (Å²) in [6.45, 7) is 15.3. The van der Waals surface area contributed by atoms with Crippen LogP contribution in [0.2, 0.25) is 5.02 Å². The number of nitrogens with one attached hydrogen (secondary N) is 1. The number of benzene rings is 2. The molecule has 2 aromatic rings. The molecule has 0 amide bonds. The summed E-state index contributed by atoms with van der Waals surface area (Å²) in [6.07, 6.45) is 0. The third kappa shape index (κ3) is 6.29. The summed E-state index contributed by atoms with van der Waals surface area (Å²) < 4.78 is 16.8. The van der Waals surface area contributed by atoms with Gasteiger partial charge in [0.1, 0.15) is 12.4 Å². The number of hydrogen-bond donors (Lipinski definition) is 1. The van der Waals surface area contributed by atoms with Crippen LogP contribution in [0.3, 0.4) is 0 Å². The maximum Gasteiger partial charge on any atom is 0.162 e. The van der Waals surface area contributed by atoms with Gasteiger partial charge in [0.05, 0.1) is 14.2 Å². The van der Waals surface area contributed by atoms with E-state index < -0.39 is 0 Å². The monoisotopic (exact) mass is 433 g/mol. The third-order valence-electron chi connectivity index (χ3n) is 5.06. The molecule has 5 heteroatoms. The van der Waals surface area contributed by atoms with Crippen molar-refractivity contribution in [3.63, 3.8) is 0 Å². The molecule has 0 unspecified atom stereocenters. The zero-order valence-corrected chi connectivity index (χ0v) is 20.4. The summed E-state index contributed by atoms with van der Waals surface area (Å²) in [5.41, 5.74) is 3.63. The van der Waals surface area contributed by atoms with Crippen LogP contribution < -0.4 is 19.5 Å². The van der Waals surface area contributed by atoms with Gasteiger partial charge in [-0.15, -0.1) is 0 Å². The van der Waals surface area contributed by atoms with Gasteiger partial charge in [0.15, 0.2) is 11.5 Å². The van der Waals surface area contributed by atoms with Crippen LogP contribution in [0.25, 0.3) is 0 Å². The predicted molar refractivity (Wildman–Crippen MR) is 126 cm³/mol. The van der Waals surface area contributed by atoms with Gasteiger partial charge in [-0.05, 0) is 39.7 Å². The van der Waals surface area contributed by atoms with E-state index in [4.69, 9.17) is 25.8 Å². The standard InChI is InChI=1S/C25H36ClNO3/c1-24(2,3)18-9-10-21(19(14-18)25(4,5)6)30-12-11-27-16-17-13-22(28-7)23(29-8)15-20(17)26/h9-10,13-15,27H,11-12,16H2,1-8H3. The minimum absolute atomic E-state index is 0.0111. The quantitative estimate of drug-likeness (QED) is 0.509. The fraction of sp³-hybridized carbons (Fsp3) is 0.520. The highest BCUT2D eigenvalue weighted by Crippen LogP contribution is 2.35. The Morgan fingerprint density at radius 1 is 0.833 bits per heavy atom. The van der Waals surface area contributed by atoms with Crippen LogP contribution in [-0.4, -0.2) is 27.4 Å². The lowest BCUT2D eigenvalue weighted by atomic mass is 9.80. The Bertz CT molecular complexity index is 851. The average Bonchev–Trinajstić information content (AvgIpc) is 2.66. The van der Waals surface area contributed by atoms with Crippen LogP contribution >= 0.6 is 11.6 Å². The number of rotatable bonds is 8. The SMILES string of the molecule is COc1cc(Cl)c(CNCCOc2ccc(C(C)(C)C)cc2C(C)(C)C)cc1OC. The van der Waals surface area contributed by atoms with Gasteiger partial charge in [-0.2, -0.15) is 0 Å². The molecule has 2 rings (SSSR count). The summed E-state index contributed by atoms with van der Waals surface area (Å²) in [7, 11) is 3.22. The molecule has 166 valence electrons. The highest BCUT2D eigenvalue weighted by molar-refractivity contribution is 6.31. The third-order valence-corrected chi connectivity index (χ3v) is 5.41. The maximum absolute atomic E-state index is 6.36. The lowest BCUT2D eigenvalue weighted by molar-refractivity contribution is 0.305. The highest BCUT2D eigenvalue weighted by Gasteiger charge is 2.23. The Morgan fingerprint density at radius 3 is 2.03 bits per heavy atom. The molecule has 0 spiro atoms. The number of methoxy groups -OCH3 is 2. The molecule has 0 aliphatic carbocycles. The molecule has 0 aliphatic heterocycles. The maximum atomic E-state index is 6.36. The van der Waals surface area contributed by atoms with Gasteiger partial charge in [0.2, 0.25) is 0 Å². The minimum Gasteiger partial charge on any atom is -0.493 e. The van der Waals surface area contributed by atoms with Crippen LogP contribution in [-0.2, 0) is 17.4 Å². The van der Waals surface area contributed by atoms with Crippen molar-refractivity contribution in [2.45, 2.75) is 58.9 Å². The van der Waals surface area contributed by atoms with Gasteiger partial charge in [0.25, 0.3) is 0 Å². The highest BCUT2D eigenvalue weighted by atomic mass is 35.5. The molecule has 30 heavy (non-hydrogen) atoms. The van der Waals surface area contributed by atoms with E-state index >= 15 is 0 Å². The van der Waals surface area contributed by atoms with E-state index in [1.165, 1.54) is 11.1 Å². The average molecular weight is 434 g/mol. The first-order chi connectivity index (χ1) is 14.0. The Labute approximate surface area is 186 Å². The molecule has 0 atom stereocenters. The van der Waals surface area contributed by atoms with Crippen molar-refractivity contribution in [3.8, 4) is 17.2 Å². The van der Waals surface area contributed by atoms with Crippen molar-refractivity contribution >= 4 is 11.6 Å². The van der Waals surface area contributed by atoms with Crippen LogP contribution in [0.5, 0.6) is 17.2 Å². The van der Waals surface area contributed by atoms with Crippen molar-refractivity contribution in [2.24, 2.45) is 0 Å². The largest absolute Gasteiger partial charge is 0.493 e. The number of ether oxygens (including phenoxy) is 3. The van der Waals surface area contributed by atoms with E-state index in [0.29, 0.717) is 36.2 Å². The van der Waals surface area contributed by atoms with E-state index in [-0.39, 0.29) is 10.8 Å². The topological polar surface area (TPSA) is 39.7 Å². The lowest BCUT2D eigenvalue weighted by Crippen LogP contribution is -2.22. The van der Waals surface area contributed by atoms with E-state index in [0.717, 1.165) is 11.3 Å². The van der Waals surface area contributed by atoms with E-state index in [1.807, 2.05) is 6.07 Å². The molecule has 1 N–H and O–H groups in total. The zero-order valence-electron chi connectivity index (χ0n) is 19.6. The summed E-state index contributed by atoms with van der Waals surface area (Å²) in [4.78, 5) is 0. The second-order valence-electron chi connectivity index (χ2n) is 9.53. The van der Waals surface area contributed by atoms with Crippen molar-refractivity contribution in [2.75, 3.05) is 27.4 Å². The number of hydrogen-bond acceptors (Lipinski definition) is 4. The van der Waals surface area contributed by atoms with Crippen LogP contribution in [0.1, 0.15) is 58.2 Å². The van der Waals surface area contributed by atoms with E-state index in [9.17, 15) is 0 Å². The fourth-order valence-corrected chi connectivity index (χ4v) is 3.42.